The van der Waals surface area contributed by atoms with Crippen LogP contribution in [0.1, 0.15) is 53.6 Å². The Labute approximate surface area is 207 Å². The Morgan fingerprint density at radius 2 is 1.94 bits per heavy atom. The van der Waals surface area contributed by atoms with Gasteiger partial charge in [0.25, 0.3) is 5.91 Å². The lowest BCUT2D eigenvalue weighted by Gasteiger charge is -2.22. The van der Waals surface area contributed by atoms with Gasteiger partial charge in [0, 0.05) is 45.0 Å². The van der Waals surface area contributed by atoms with Crippen LogP contribution in [0.4, 0.5) is 0 Å². The maximum Gasteiger partial charge on any atom is 0.251 e. The van der Waals surface area contributed by atoms with Gasteiger partial charge in [0.05, 0.1) is 0 Å². The number of ether oxygens (including phenoxy) is 1. The third kappa shape index (κ3) is 8.29. The van der Waals surface area contributed by atoms with Crippen molar-refractivity contribution < 1.29 is 9.53 Å². The van der Waals surface area contributed by atoms with Crippen LogP contribution in [0.25, 0.3) is 0 Å². The predicted octanol–water partition coefficient (Wildman–Crippen LogP) is 3.68. The van der Waals surface area contributed by atoms with Crippen molar-refractivity contribution in [3.8, 4) is 5.88 Å². The lowest BCUT2D eigenvalue weighted by Crippen LogP contribution is -2.37. The van der Waals surface area contributed by atoms with Crippen molar-refractivity contribution >= 4 is 35.8 Å². The van der Waals surface area contributed by atoms with Gasteiger partial charge in [-0.05, 0) is 61.4 Å². The second kappa shape index (κ2) is 13.9. The van der Waals surface area contributed by atoms with E-state index in [1.54, 1.807) is 20.3 Å². The molecule has 174 valence electrons. The molecule has 3 rings (SSSR count). The molecule has 1 aliphatic carbocycles. The molecule has 0 radical (unpaired) electrons. The molecule has 1 heterocycles. The Balaban J connectivity index is 0.00000363. The Bertz CT molecular complexity index is 884. The summed E-state index contributed by atoms with van der Waals surface area (Å²) in [6.45, 7) is 1.35. The Morgan fingerprint density at radius 3 is 2.69 bits per heavy atom. The molecule has 0 spiro atoms. The summed E-state index contributed by atoms with van der Waals surface area (Å²) >= 11 is 0. The van der Waals surface area contributed by atoms with E-state index in [0.29, 0.717) is 30.6 Å². The van der Waals surface area contributed by atoms with E-state index in [1.807, 2.05) is 36.4 Å². The summed E-state index contributed by atoms with van der Waals surface area (Å²) in [6.07, 6.45) is 8.90. The standard InChI is InChI=1S/C24H33N5O2.HI/c1-25-23(30)20-8-6-7-18(15-20)11-14-28-24(26-2)29-17-19-12-13-27-22(16-19)31-21-9-4-3-5-10-21;/h6-8,12-13,15-16,21H,3-5,9-11,14,17H2,1-2H3,(H,25,30)(H2,26,28,29);1H. The van der Waals surface area contributed by atoms with Crippen LogP contribution >= 0.6 is 24.0 Å². The number of nitrogens with zero attached hydrogens (tertiary/aromatic N) is 2. The van der Waals surface area contributed by atoms with Gasteiger partial charge in [-0.25, -0.2) is 4.98 Å². The fourth-order valence-electron chi connectivity index (χ4n) is 3.72. The lowest BCUT2D eigenvalue weighted by molar-refractivity contribution is 0.0963. The van der Waals surface area contributed by atoms with E-state index in [9.17, 15) is 4.79 Å². The molecule has 0 saturated heterocycles. The smallest absolute Gasteiger partial charge is 0.251 e. The minimum atomic E-state index is -0.0727. The number of pyridine rings is 1. The SMILES string of the molecule is CN=C(NCCc1cccc(C(=O)NC)c1)NCc1ccnc(OC2CCCCC2)c1.I. The van der Waals surface area contributed by atoms with Gasteiger partial charge in [-0.15, -0.1) is 24.0 Å². The Kier molecular flexibility index (Phi) is 11.3. The number of aromatic nitrogens is 1. The highest BCUT2D eigenvalue weighted by Crippen LogP contribution is 2.22. The summed E-state index contributed by atoms with van der Waals surface area (Å²) in [5, 5.41) is 9.31. The molecule has 32 heavy (non-hydrogen) atoms. The number of carbonyl (C=O) groups is 1. The molecule has 1 fully saturated rings. The number of guanidine groups is 1. The molecular weight excluding hydrogens is 517 g/mol. The van der Waals surface area contributed by atoms with Crippen molar-refractivity contribution in [3.05, 3.63) is 59.3 Å². The number of amides is 1. The van der Waals surface area contributed by atoms with Crippen LogP contribution in [-0.4, -0.2) is 43.6 Å². The van der Waals surface area contributed by atoms with Crippen molar-refractivity contribution in [1.82, 2.24) is 20.9 Å². The van der Waals surface area contributed by atoms with E-state index < -0.39 is 0 Å². The minimum absolute atomic E-state index is 0. The molecular formula is C24H34IN5O2. The zero-order valence-electron chi connectivity index (χ0n) is 18.9. The fraction of sp³-hybridized carbons (Fsp3) is 0.458. The van der Waals surface area contributed by atoms with Crippen molar-refractivity contribution in [1.29, 1.82) is 0 Å². The normalized spacial score (nSPS) is 14.2. The average Bonchev–Trinajstić information content (AvgIpc) is 2.82. The number of rotatable bonds is 8. The maximum absolute atomic E-state index is 11.8. The Morgan fingerprint density at radius 1 is 1.12 bits per heavy atom. The molecule has 1 saturated carbocycles. The maximum atomic E-state index is 11.8. The number of benzene rings is 1. The van der Waals surface area contributed by atoms with Gasteiger partial charge in [-0.2, -0.15) is 0 Å². The van der Waals surface area contributed by atoms with Crippen molar-refractivity contribution in [2.75, 3.05) is 20.6 Å². The molecule has 8 heteroatoms. The molecule has 1 aromatic carbocycles. The molecule has 7 nitrogen and oxygen atoms in total. The zero-order chi connectivity index (χ0) is 21.9. The first-order valence-corrected chi connectivity index (χ1v) is 11.0. The summed E-state index contributed by atoms with van der Waals surface area (Å²) in [4.78, 5) is 20.4. The number of hydrogen-bond acceptors (Lipinski definition) is 4. The van der Waals surface area contributed by atoms with E-state index >= 15 is 0 Å². The number of aliphatic imine (C=N–C) groups is 1. The quantitative estimate of drug-likeness (QED) is 0.265. The highest BCUT2D eigenvalue weighted by atomic mass is 127. The summed E-state index contributed by atoms with van der Waals surface area (Å²) in [5.74, 6) is 1.36. The summed E-state index contributed by atoms with van der Waals surface area (Å²) < 4.78 is 6.06. The predicted molar refractivity (Wildman–Crippen MR) is 139 cm³/mol. The third-order valence-corrected chi connectivity index (χ3v) is 5.44. The lowest BCUT2D eigenvalue weighted by atomic mass is 9.98. The van der Waals surface area contributed by atoms with Crippen molar-refractivity contribution in [3.63, 3.8) is 0 Å². The second-order valence-corrected chi connectivity index (χ2v) is 7.76. The fourth-order valence-corrected chi connectivity index (χ4v) is 3.72. The Hall–Kier alpha value is -2.36. The van der Waals surface area contributed by atoms with E-state index in [2.05, 4.69) is 25.9 Å². The highest BCUT2D eigenvalue weighted by Gasteiger charge is 2.15. The number of halogens is 1. The summed E-state index contributed by atoms with van der Waals surface area (Å²) in [5.41, 5.74) is 2.87. The van der Waals surface area contributed by atoms with Crippen LogP contribution in [0.15, 0.2) is 47.6 Å². The van der Waals surface area contributed by atoms with Gasteiger partial charge in [0.15, 0.2) is 5.96 Å². The summed E-state index contributed by atoms with van der Waals surface area (Å²) in [7, 11) is 3.39. The molecule has 2 aromatic rings. The van der Waals surface area contributed by atoms with Gasteiger partial charge in [0.1, 0.15) is 6.10 Å². The third-order valence-electron chi connectivity index (χ3n) is 5.44. The van der Waals surface area contributed by atoms with Crippen molar-refractivity contribution in [2.24, 2.45) is 4.99 Å². The second-order valence-electron chi connectivity index (χ2n) is 7.76. The van der Waals surface area contributed by atoms with Gasteiger partial charge in [0.2, 0.25) is 5.88 Å². The van der Waals surface area contributed by atoms with Gasteiger partial charge in [-0.3, -0.25) is 9.79 Å². The molecule has 0 unspecified atom stereocenters. The van der Waals surface area contributed by atoms with E-state index in [-0.39, 0.29) is 29.9 Å². The molecule has 0 atom stereocenters. The van der Waals surface area contributed by atoms with E-state index in [0.717, 1.165) is 36.3 Å². The van der Waals surface area contributed by atoms with Crippen LogP contribution in [-0.2, 0) is 13.0 Å². The number of nitrogens with one attached hydrogen (secondary N) is 3. The average molecular weight is 551 g/mol. The first-order valence-electron chi connectivity index (χ1n) is 11.0. The van der Waals surface area contributed by atoms with Gasteiger partial charge in [-0.1, -0.05) is 18.6 Å². The van der Waals surface area contributed by atoms with Gasteiger partial charge >= 0.3 is 0 Å². The number of hydrogen-bond donors (Lipinski definition) is 3. The first kappa shape index (κ1) is 25.9. The van der Waals surface area contributed by atoms with Crippen LogP contribution in [0.3, 0.4) is 0 Å². The highest BCUT2D eigenvalue weighted by molar-refractivity contribution is 14.0. The number of carbonyl (C=O) groups excluding carboxylic acids is 1. The van der Waals surface area contributed by atoms with E-state index in [4.69, 9.17) is 4.74 Å². The van der Waals surface area contributed by atoms with Crippen LogP contribution in [0, 0.1) is 0 Å². The minimum Gasteiger partial charge on any atom is -0.474 e. The largest absolute Gasteiger partial charge is 0.474 e. The summed E-state index contributed by atoms with van der Waals surface area (Å²) in [6, 6.07) is 11.6. The van der Waals surface area contributed by atoms with E-state index in [1.165, 1.54) is 19.3 Å². The monoisotopic (exact) mass is 551 g/mol. The molecule has 0 bridgehead atoms. The van der Waals surface area contributed by atoms with Crippen LogP contribution in [0.2, 0.25) is 0 Å². The topological polar surface area (TPSA) is 87.6 Å². The molecule has 1 aromatic heterocycles. The van der Waals surface area contributed by atoms with Crippen LogP contribution < -0.4 is 20.7 Å². The van der Waals surface area contributed by atoms with Crippen molar-refractivity contribution in [2.45, 2.75) is 51.2 Å². The first-order chi connectivity index (χ1) is 15.2. The molecule has 1 amide bonds. The van der Waals surface area contributed by atoms with Gasteiger partial charge < -0.3 is 20.7 Å². The zero-order valence-corrected chi connectivity index (χ0v) is 21.2. The molecule has 3 N–H and O–H groups in total. The molecule has 1 aliphatic rings. The molecule has 0 aliphatic heterocycles. The van der Waals surface area contributed by atoms with Crippen LogP contribution in [0.5, 0.6) is 5.88 Å².